The van der Waals surface area contributed by atoms with Gasteiger partial charge >= 0.3 is 0 Å². The molecule has 1 N–H and O–H groups in total. The molecule has 15 heavy (non-hydrogen) atoms. The normalized spacial score (nSPS) is 29.4. The topological polar surface area (TPSA) is 12.0 Å². The van der Waals surface area contributed by atoms with Gasteiger partial charge in [0.2, 0.25) is 0 Å². The summed E-state index contributed by atoms with van der Waals surface area (Å²) in [5.74, 6) is 1.75. The molecule has 1 aliphatic carbocycles. The molecule has 1 nitrogen and oxygen atoms in total. The zero-order chi connectivity index (χ0) is 11.3. The molecule has 0 aromatic carbocycles. The molecule has 3 atom stereocenters. The minimum absolute atomic E-state index is 0.696. The zero-order valence-corrected chi connectivity index (χ0v) is 11.1. The zero-order valence-electron chi connectivity index (χ0n) is 11.1. The molecule has 0 radical (unpaired) electrons. The van der Waals surface area contributed by atoms with Crippen molar-refractivity contribution in [2.75, 3.05) is 0 Å². The summed E-state index contributed by atoms with van der Waals surface area (Å²) in [6, 6.07) is 1.50. The first-order valence-electron chi connectivity index (χ1n) is 6.89. The van der Waals surface area contributed by atoms with Crippen LogP contribution in [0.4, 0.5) is 0 Å². The van der Waals surface area contributed by atoms with E-state index in [-0.39, 0.29) is 0 Å². The van der Waals surface area contributed by atoms with Crippen molar-refractivity contribution in [3.8, 4) is 0 Å². The molecule has 0 spiro atoms. The van der Waals surface area contributed by atoms with Crippen LogP contribution in [0.25, 0.3) is 0 Å². The van der Waals surface area contributed by atoms with Crippen LogP contribution >= 0.6 is 0 Å². The van der Waals surface area contributed by atoms with Gasteiger partial charge in [0.25, 0.3) is 0 Å². The maximum Gasteiger partial charge on any atom is 0.00977 e. The van der Waals surface area contributed by atoms with Crippen LogP contribution < -0.4 is 5.32 Å². The Morgan fingerprint density at radius 3 is 2.40 bits per heavy atom. The Hall–Kier alpha value is -0.0400. The maximum absolute atomic E-state index is 3.85. The lowest BCUT2D eigenvalue weighted by atomic mass is 9.82. The summed E-state index contributed by atoms with van der Waals surface area (Å²) in [6.45, 7) is 9.33. The summed E-state index contributed by atoms with van der Waals surface area (Å²) in [5, 5.41) is 3.85. The fraction of sp³-hybridized carbons (Fsp3) is 1.00. The molecule has 1 aliphatic rings. The van der Waals surface area contributed by atoms with E-state index in [9.17, 15) is 0 Å². The summed E-state index contributed by atoms with van der Waals surface area (Å²) in [6.07, 6.45) is 8.40. The van der Waals surface area contributed by atoms with E-state index in [2.05, 4.69) is 33.0 Å². The second kappa shape index (κ2) is 6.52. The molecule has 0 aromatic rings. The largest absolute Gasteiger partial charge is 0.311 e. The van der Waals surface area contributed by atoms with Crippen molar-refractivity contribution < 1.29 is 0 Å². The van der Waals surface area contributed by atoms with Gasteiger partial charge in [-0.2, -0.15) is 0 Å². The third-order valence-corrected chi connectivity index (χ3v) is 3.76. The third kappa shape index (κ3) is 4.55. The summed E-state index contributed by atoms with van der Waals surface area (Å²) < 4.78 is 0. The van der Waals surface area contributed by atoms with E-state index in [0.717, 1.165) is 17.9 Å². The molecule has 0 aliphatic heterocycles. The number of nitrogens with one attached hydrogen (secondary N) is 1. The second-order valence-electron chi connectivity index (χ2n) is 5.76. The van der Waals surface area contributed by atoms with Gasteiger partial charge in [-0.3, -0.25) is 0 Å². The molecule has 1 saturated carbocycles. The van der Waals surface area contributed by atoms with Crippen molar-refractivity contribution in [1.29, 1.82) is 0 Å². The Kier molecular flexibility index (Phi) is 5.66. The highest BCUT2D eigenvalue weighted by atomic mass is 15.0. The molecule has 1 rings (SSSR count). The monoisotopic (exact) mass is 211 g/mol. The first-order valence-corrected chi connectivity index (χ1v) is 6.89. The SMILES string of the molecule is CCC1CCCCC1N[C@@H](C)CC(C)C. The molecule has 1 fully saturated rings. The number of hydrogen-bond acceptors (Lipinski definition) is 1. The molecule has 0 aromatic heterocycles. The van der Waals surface area contributed by atoms with E-state index in [1.54, 1.807) is 0 Å². The second-order valence-corrected chi connectivity index (χ2v) is 5.76. The first-order chi connectivity index (χ1) is 7.13. The predicted octanol–water partition coefficient (Wildman–Crippen LogP) is 3.98. The van der Waals surface area contributed by atoms with Crippen molar-refractivity contribution in [3.63, 3.8) is 0 Å². The van der Waals surface area contributed by atoms with Crippen molar-refractivity contribution in [2.45, 2.75) is 78.3 Å². The van der Waals surface area contributed by atoms with Crippen LogP contribution in [0.15, 0.2) is 0 Å². The molecule has 1 heteroatoms. The number of rotatable bonds is 5. The van der Waals surface area contributed by atoms with Crippen LogP contribution in [0.5, 0.6) is 0 Å². The van der Waals surface area contributed by atoms with Crippen LogP contribution in [0.2, 0.25) is 0 Å². The van der Waals surface area contributed by atoms with E-state index in [1.807, 2.05) is 0 Å². The van der Waals surface area contributed by atoms with Gasteiger partial charge in [-0.05, 0) is 38.0 Å². The highest BCUT2D eigenvalue weighted by Crippen LogP contribution is 2.27. The van der Waals surface area contributed by atoms with E-state index in [1.165, 1.54) is 38.5 Å². The Labute approximate surface area is 96.0 Å². The molecule has 90 valence electrons. The quantitative estimate of drug-likeness (QED) is 0.725. The summed E-state index contributed by atoms with van der Waals surface area (Å²) >= 11 is 0. The van der Waals surface area contributed by atoms with E-state index in [4.69, 9.17) is 0 Å². The Balaban J connectivity index is 2.33. The Morgan fingerprint density at radius 1 is 1.13 bits per heavy atom. The van der Waals surface area contributed by atoms with Crippen molar-refractivity contribution in [3.05, 3.63) is 0 Å². The maximum atomic E-state index is 3.85. The first kappa shape index (κ1) is 13.0. The Morgan fingerprint density at radius 2 is 1.80 bits per heavy atom. The van der Waals surface area contributed by atoms with Gasteiger partial charge in [0, 0.05) is 12.1 Å². The average Bonchev–Trinajstić information content (AvgIpc) is 2.17. The molecular formula is C14H29N. The standard InChI is InChI=1S/C14H29N/c1-5-13-8-6-7-9-14(13)15-12(4)10-11(2)3/h11-15H,5-10H2,1-4H3/t12-,13?,14?/m0/s1. The summed E-state index contributed by atoms with van der Waals surface area (Å²) in [5.41, 5.74) is 0. The molecule has 0 amide bonds. The van der Waals surface area contributed by atoms with Crippen LogP contribution in [0, 0.1) is 11.8 Å². The molecule has 0 bridgehead atoms. The molecular weight excluding hydrogens is 182 g/mol. The molecule has 0 saturated heterocycles. The van der Waals surface area contributed by atoms with Crippen LogP contribution in [0.1, 0.15) is 66.2 Å². The van der Waals surface area contributed by atoms with Crippen LogP contribution in [0.3, 0.4) is 0 Å². The van der Waals surface area contributed by atoms with E-state index >= 15 is 0 Å². The van der Waals surface area contributed by atoms with Crippen LogP contribution in [-0.2, 0) is 0 Å². The minimum Gasteiger partial charge on any atom is -0.311 e. The fourth-order valence-corrected chi connectivity index (χ4v) is 3.06. The van der Waals surface area contributed by atoms with Gasteiger partial charge in [0.15, 0.2) is 0 Å². The van der Waals surface area contributed by atoms with Gasteiger partial charge in [-0.25, -0.2) is 0 Å². The molecule has 2 unspecified atom stereocenters. The summed E-state index contributed by atoms with van der Waals surface area (Å²) in [7, 11) is 0. The van der Waals surface area contributed by atoms with E-state index in [0.29, 0.717) is 6.04 Å². The average molecular weight is 211 g/mol. The highest BCUT2D eigenvalue weighted by Gasteiger charge is 2.24. The van der Waals surface area contributed by atoms with Gasteiger partial charge in [-0.15, -0.1) is 0 Å². The highest BCUT2D eigenvalue weighted by molar-refractivity contribution is 4.82. The molecule has 0 heterocycles. The third-order valence-electron chi connectivity index (χ3n) is 3.76. The van der Waals surface area contributed by atoms with Gasteiger partial charge in [0.05, 0.1) is 0 Å². The Bertz CT molecular complexity index is 165. The van der Waals surface area contributed by atoms with Crippen molar-refractivity contribution in [2.24, 2.45) is 11.8 Å². The lowest BCUT2D eigenvalue weighted by Gasteiger charge is -2.34. The minimum atomic E-state index is 0.696. The van der Waals surface area contributed by atoms with Gasteiger partial charge in [-0.1, -0.05) is 40.0 Å². The van der Waals surface area contributed by atoms with Gasteiger partial charge < -0.3 is 5.32 Å². The lowest BCUT2D eigenvalue weighted by molar-refractivity contribution is 0.231. The summed E-state index contributed by atoms with van der Waals surface area (Å²) in [4.78, 5) is 0. The van der Waals surface area contributed by atoms with Gasteiger partial charge in [0.1, 0.15) is 0 Å². The fourth-order valence-electron chi connectivity index (χ4n) is 3.06. The smallest absolute Gasteiger partial charge is 0.00977 e. The predicted molar refractivity (Wildman–Crippen MR) is 68.1 cm³/mol. The lowest BCUT2D eigenvalue weighted by Crippen LogP contribution is -2.43. The van der Waals surface area contributed by atoms with Crippen molar-refractivity contribution in [1.82, 2.24) is 5.32 Å². The number of hydrogen-bond donors (Lipinski definition) is 1. The van der Waals surface area contributed by atoms with E-state index < -0.39 is 0 Å². The van der Waals surface area contributed by atoms with Crippen molar-refractivity contribution >= 4 is 0 Å². The van der Waals surface area contributed by atoms with Crippen LogP contribution in [-0.4, -0.2) is 12.1 Å².